The average molecular weight is 180 g/mol. The molecule has 1 aliphatic heterocycles. The molecular formula is C7H14ClNO2. The molecule has 0 radical (unpaired) electrons. The molecule has 1 heterocycles. The summed E-state index contributed by atoms with van der Waals surface area (Å²) in [5.74, 6) is 0. The Morgan fingerprint density at radius 1 is 1.45 bits per heavy atom. The van der Waals surface area contributed by atoms with Gasteiger partial charge in [-0.05, 0) is 12.8 Å². The van der Waals surface area contributed by atoms with Crippen LogP contribution in [0, 0.1) is 0 Å². The van der Waals surface area contributed by atoms with Gasteiger partial charge in [-0.2, -0.15) is 0 Å². The van der Waals surface area contributed by atoms with Crippen LogP contribution in [0.1, 0.15) is 12.8 Å². The van der Waals surface area contributed by atoms with E-state index in [4.69, 9.17) is 15.2 Å². The Hall–Kier alpha value is 0.170. The first-order valence-corrected chi connectivity index (χ1v) is 3.80. The van der Waals surface area contributed by atoms with Gasteiger partial charge in [0.05, 0.1) is 24.9 Å². The number of halogens is 1. The number of rotatable bonds is 1. The molecule has 0 bridgehead atoms. The van der Waals surface area contributed by atoms with Crippen LogP contribution in [0.3, 0.4) is 0 Å². The van der Waals surface area contributed by atoms with Crippen LogP contribution >= 0.6 is 12.4 Å². The molecule has 1 aliphatic carbocycles. The van der Waals surface area contributed by atoms with Gasteiger partial charge in [0.1, 0.15) is 0 Å². The van der Waals surface area contributed by atoms with Gasteiger partial charge < -0.3 is 15.2 Å². The first kappa shape index (κ1) is 9.26. The summed E-state index contributed by atoms with van der Waals surface area (Å²) < 4.78 is 11.0. The van der Waals surface area contributed by atoms with Crippen LogP contribution in [0.25, 0.3) is 0 Å². The van der Waals surface area contributed by atoms with Crippen LogP contribution in [0.5, 0.6) is 0 Å². The first-order chi connectivity index (χ1) is 4.85. The Labute approximate surface area is 72.6 Å². The predicted molar refractivity (Wildman–Crippen MR) is 44.0 cm³/mol. The molecule has 0 amide bonds. The molecule has 4 heteroatoms. The number of ether oxygens (including phenoxy) is 2. The summed E-state index contributed by atoms with van der Waals surface area (Å²) in [4.78, 5) is 0. The fourth-order valence-corrected chi connectivity index (χ4v) is 1.19. The third kappa shape index (κ3) is 1.85. The maximum atomic E-state index is 5.57. The van der Waals surface area contributed by atoms with Gasteiger partial charge >= 0.3 is 0 Å². The Kier molecular flexibility index (Phi) is 2.75. The van der Waals surface area contributed by atoms with Crippen molar-refractivity contribution in [2.45, 2.75) is 24.5 Å². The molecule has 1 unspecified atom stereocenters. The van der Waals surface area contributed by atoms with E-state index in [0.29, 0.717) is 13.2 Å². The van der Waals surface area contributed by atoms with Gasteiger partial charge in [0.15, 0.2) is 0 Å². The van der Waals surface area contributed by atoms with Crippen LogP contribution < -0.4 is 5.73 Å². The number of nitrogens with two attached hydrogens (primary N) is 1. The van der Waals surface area contributed by atoms with Crippen molar-refractivity contribution < 1.29 is 9.47 Å². The topological polar surface area (TPSA) is 44.5 Å². The lowest BCUT2D eigenvalue weighted by molar-refractivity contribution is -0.142. The van der Waals surface area contributed by atoms with Gasteiger partial charge in [0, 0.05) is 6.54 Å². The Morgan fingerprint density at radius 2 is 2.18 bits per heavy atom. The monoisotopic (exact) mass is 179 g/mol. The van der Waals surface area contributed by atoms with Crippen molar-refractivity contribution in [1.29, 1.82) is 0 Å². The van der Waals surface area contributed by atoms with E-state index in [1.54, 1.807) is 0 Å². The van der Waals surface area contributed by atoms with Gasteiger partial charge in [-0.1, -0.05) is 0 Å². The molecule has 2 fully saturated rings. The fourth-order valence-electron chi connectivity index (χ4n) is 1.19. The Morgan fingerprint density at radius 3 is 2.55 bits per heavy atom. The molecule has 2 N–H and O–H groups in total. The zero-order valence-electron chi connectivity index (χ0n) is 6.41. The van der Waals surface area contributed by atoms with Crippen molar-refractivity contribution in [3.05, 3.63) is 0 Å². The summed E-state index contributed by atoms with van der Waals surface area (Å²) >= 11 is 0. The smallest absolute Gasteiger partial charge is 0.0932 e. The van der Waals surface area contributed by atoms with Crippen molar-refractivity contribution in [1.82, 2.24) is 0 Å². The summed E-state index contributed by atoms with van der Waals surface area (Å²) in [7, 11) is 0. The largest absolute Gasteiger partial charge is 0.372 e. The van der Waals surface area contributed by atoms with Gasteiger partial charge in [0.2, 0.25) is 0 Å². The standard InChI is InChI=1S/C7H13NO2.ClH/c8-3-6-4-10-7(1-2-7)5-9-6;/h6H,1-5,8H2;1H. The molecule has 66 valence electrons. The van der Waals surface area contributed by atoms with Crippen molar-refractivity contribution in [2.24, 2.45) is 5.73 Å². The molecule has 2 rings (SSSR count). The van der Waals surface area contributed by atoms with Crippen LogP contribution in [0.2, 0.25) is 0 Å². The second-order valence-corrected chi connectivity index (χ2v) is 3.16. The molecule has 3 nitrogen and oxygen atoms in total. The molecule has 1 saturated heterocycles. The molecule has 2 aliphatic rings. The van der Waals surface area contributed by atoms with E-state index >= 15 is 0 Å². The maximum Gasteiger partial charge on any atom is 0.0932 e. The fraction of sp³-hybridized carbons (Fsp3) is 1.00. The van der Waals surface area contributed by atoms with Crippen LogP contribution in [-0.2, 0) is 9.47 Å². The van der Waals surface area contributed by atoms with Crippen molar-refractivity contribution >= 4 is 12.4 Å². The van der Waals surface area contributed by atoms with Crippen molar-refractivity contribution in [3.8, 4) is 0 Å². The van der Waals surface area contributed by atoms with Crippen LogP contribution in [0.15, 0.2) is 0 Å². The predicted octanol–water partition coefficient (Wildman–Crippen LogP) is 0.315. The molecule has 0 aromatic rings. The highest BCUT2D eigenvalue weighted by molar-refractivity contribution is 5.85. The summed E-state index contributed by atoms with van der Waals surface area (Å²) in [6.45, 7) is 2.03. The third-order valence-electron chi connectivity index (χ3n) is 2.23. The summed E-state index contributed by atoms with van der Waals surface area (Å²) in [5, 5.41) is 0. The summed E-state index contributed by atoms with van der Waals surface area (Å²) in [6, 6.07) is 0. The minimum absolute atomic E-state index is 0. The lowest BCUT2D eigenvalue weighted by Crippen LogP contribution is -2.40. The van der Waals surface area contributed by atoms with Crippen molar-refractivity contribution in [3.63, 3.8) is 0 Å². The summed E-state index contributed by atoms with van der Waals surface area (Å²) in [5.41, 5.74) is 5.54. The Bertz CT molecular complexity index is 128. The molecule has 0 aromatic heterocycles. The van der Waals surface area contributed by atoms with E-state index in [-0.39, 0.29) is 24.1 Å². The highest BCUT2D eigenvalue weighted by Gasteiger charge is 2.47. The Balaban J connectivity index is 0.000000605. The minimum atomic E-state index is 0. The highest BCUT2D eigenvalue weighted by atomic mass is 35.5. The van der Waals surface area contributed by atoms with Crippen LogP contribution in [-0.4, -0.2) is 31.5 Å². The number of hydrogen-bond acceptors (Lipinski definition) is 3. The zero-order chi connectivity index (χ0) is 7.03. The third-order valence-corrected chi connectivity index (χ3v) is 2.23. The van der Waals surface area contributed by atoms with E-state index in [1.165, 1.54) is 12.8 Å². The second kappa shape index (κ2) is 3.27. The van der Waals surface area contributed by atoms with Crippen LogP contribution in [0.4, 0.5) is 0 Å². The lowest BCUT2D eigenvalue weighted by Gasteiger charge is -2.28. The van der Waals surface area contributed by atoms with Gasteiger partial charge in [-0.15, -0.1) is 12.4 Å². The zero-order valence-corrected chi connectivity index (χ0v) is 7.23. The van der Waals surface area contributed by atoms with E-state index in [9.17, 15) is 0 Å². The summed E-state index contributed by atoms with van der Waals surface area (Å²) in [6.07, 6.45) is 2.49. The van der Waals surface area contributed by atoms with Crippen molar-refractivity contribution in [2.75, 3.05) is 19.8 Å². The van der Waals surface area contributed by atoms with Gasteiger partial charge in [0.25, 0.3) is 0 Å². The quantitative estimate of drug-likeness (QED) is 0.631. The highest BCUT2D eigenvalue weighted by Crippen LogP contribution is 2.41. The average Bonchev–Trinajstić information content (AvgIpc) is 2.72. The maximum absolute atomic E-state index is 5.57. The normalized spacial score (nSPS) is 33.0. The molecular weight excluding hydrogens is 166 g/mol. The molecule has 1 saturated carbocycles. The van der Waals surface area contributed by atoms with E-state index in [1.807, 2.05) is 0 Å². The first-order valence-electron chi connectivity index (χ1n) is 3.80. The number of hydrogen-bond donors (Lipinski definition) is 1. The molecule has 1 atom stereocenters. The molecule has 1 spiro atoms. The van der Waals surface area contributed by atoms with E-state index < -0.39 is 0 Å². The molecule has 0 aromatic carbocycles. The minimum Gasteiger partial charge on any atom is -0.372 e. The van der Waals surface area contributed by atoms with Gasteiger partial charge in [-0.25, -0.2) is 0 Å². The SMILES string of the molecule is Cl.NCC1COC2(CC2)CO1. The van der Waals surface area contributed by atoms with E-state index in [2.05, 4.69) is 0 Å². The molecule has 11 heavy (non-hydrogen) atoms. The van der Waals surface area contributed by atoms with Gasteiger partial charge in [-0.3, -0.25) is 0 Å². The lowest BCUT2D eigenvalue weighted by atomic mass is 10.3. The second-order valence-electron chi connectivity index (χ2n) is 3.16. The van der Waals surface area contributed by atoms with E-state index in [0.717, 1.165) is 6.61 Å².